The van der Waals surface area contributed by atoms with Crippen molar-refractivity contribution in [2.45, 2.75) is 38.0 Å². The Morgan fingerprint density at radius 3 is 2.15 bits per heavy atom. The van der Waals surface area contributed by atoms with E-state index in [1.54, 1.807) is 0 Å². The zero-order valence-corrected chi connectivity index (χ0v) is 11.4. The first-order chi connectivity index (χ1) is 9.61. The smallest absolute Gasteiger partial charge is 0.206 e. The summed E-state index contributed by atoms with van der Waals surface area (Å²) in [6, 6.07) is 8.33. The molecule has 0 saturated heterocycles. The molecule has 0 atom stereocenters. The fraction of sp³-hybridized carbons (Fsp3) is 0.412. The predicted octanol–water partition coefficient (Wildman–Crippen LogP) is 5.77. The van der Waals surface area contributed by atoms with Gasteiger partial charge in [0.05, 0.1) is 0 Å². The lowest BCUT2D eigenvalue weighted by atomic mass is 9.78. The largest absolute Gasteiger partial charge is 0.301 e. The first kappa shape index (κ1) is 14.9. The van der Waals surface area contributed by atoms with Gasteiger partial charge in [-0.3, -0.25) is 0 Å². The van der Waals surface area contributed by atoms with Crippen LogP contribution in [0.2, 0.25) is 0 Å². The highest BCUT2D eigenvalue weighted by Crippen LogP contribution is 2.40. The molecule has 0 unspecified atom stereocenters. The Labute approximate surface area is 118 Å². The monoisotopic (exact) mass is 280 g/mol. The molecule has 2 rings (SSSR count). The van der Waals surface area contributed by atoms with Crippen LogP contribution in [0.3, 0.4) is 0 Å². The molecule has 0 radical (unpaired) electrons. The van der Waals surface area contributed by atoms with Crippen molar-refractivity contribution in [3.05, 3.63) is 60.0 Å². The average Bonchev–Trinajstić information content (AvgIpc) is 2.48. The van der Waals surface area contributed by atoms with E-state index in [1.165, 1.54) is 11.1 Å². The zero-order valence-electron chi connectivity index (χ0n) is 11.4. The van der Waals surface area contributed by atoms with E-state index in [0.717, 1.165) is 19.3 Å². The topological polar surface area (TPSA) is 0 Å². The standard InChI is InChI=1S/C17H19F3/c1-2-3-12-4-6-13(7-5-12)14-8-10-15(11-9-14)16(18)17(19)20/h2,4-7,14-15H,1,3,8-11H2/t14-,15-. The summed E-state index contributed by atoms with van der Waals surface area (Å²) >= 11 is 0. The number of allylic oxidation sites excluding steroid dienone is 2. The van der Waals surface area contributed by atoms with Gasteiger partial charge >= 0.3 is 6.08 Å². The van der Waals surface area contributed by atoms with Crippen LogP contribution >= 0.6 is 0 Å². The summed E-state index contributed by atoms with van der Waals surface area (Å²) in [7, 11) is 0. The summed E-state index contributed by atoms with van der Waals surface area (Å²) in [5, 5.41) is 0. The van der Waals surface area contributed by atoms with Crippen molar-refractivity contribution in [1.29, 1.82) is 0 Å². The van der Waals surface area contributed by atoms with Crippen molar-refractivity contribution in [1.82, 2.24) is 0 Å². The van der Waals surface area contributed by atoms with E-state index in [-0.39, 0.29) is 0 Å². The SMILES string of the molecule is C=CCc1ccc([C@H]2CC[C@H](C(F)=C(F)F)CC2)cc1. The lowest BCUT2D eigenvalue weighted by molar-refractivity contribution is 0.281. The van der Waals surface area contributed by atoms with Crippen LogP contribution in [0.15, 0.2) is 48.8 Å². The Balaban J connectivity index is 1.96. The van der Waals surface area contributed by atoms with Gasteiger partial charge in [-0.2, -0.15) is 8.78 Å². The van der Waals surface area contributed by atoms with E-state index in [1.807, 2.05) is 6.08 Å². The van der Waals surface area contributed by atoms with E-state index in [2.05, 4.69) is 30.8 Å². The molecule has 1 saturated carbocycles. The molecule has 1 aromatic rings. The highest BCUT2D eigenvalue weighted by Gasteiger charge is 2.27. The minimum Gasteiger partial charge on any atom is -0.206 e. The Bertz CT molecular complexity index is 475. The molecular weight excluding hydrogens is 261 g/mol. The van der Waals surface area contributed by atoms with E-state index in [0.29, 0.717) is 18.8 Å². The number of hydrogen-bond acceptors (Lipinski definition) is 0. The van der Waals surface area contributed by atoms with Gasteiger partial charge in [0.1, 0.15) is 0 Å². The van der Waals surface area contributed by atoms with Crippen LogP contribution in [-0.4, -0.2) is 0 Å². The molecule has 0 nitrogen and oxygen atoms in total. The molecule has 0 N–H and O–H groups in total. The summed E-state index contributed by atoms with van der Waals surface area (Å²) in [4.78, 5) is 0. The van der Waals surface area contributed by atoms with Crippen molar-refractivity contribution in [3.63, 3.8) is 0 Å². The number of rotatable bonds is 4. The highest BCUT2D eigenvalue weighted by molar-refractivity contribution is 5.27. The lowest BCUT2D eigenvalue weighted by Gasteiger charge is -2.27. The summed E-state index contributed by atoms with van der Waals surface area (Å²) < 4.78 is 37.7. The highest BCUT2D eigenvalue weighted by atomic mass is 19.3. The van der Waals surface area contributed by atoms with Gasteiger partial charge in [-0.15, -0.1) is 6.58 Å². The van der Waals surface area contributed by atoms with Crippen molar-refractivity contribution in [2.75, 3.05) is 0 Å². The summed E-state index contributed by atoms with van der Waals surface area (Å²) in [6.45, 7) is 3.71. The Kier molecular flexibility index (Phi) is 5.05. The van der Waals surface area contributed by atoms with Crippen LogP contribution < -0.4 is 0 Å². The van der Waals surface area contributed by atoms with Crippen molar-refractivity contribution in [3.8, 4) is 0 Å². The van der Waals surface area contributed by atoms with Gasteiger partial charge in [-0.05, 0) is 49.1 Å². The van der Waals surface area contributed by atoms with Crippen molar-refractivity contribution in [2.24, 2.45) is 5.92 Å². The maximum atomic E-state index is 13.2. The van der Waals surface area contributed by atoms with Crippen LogP contribution in [-0.2, 0) is 6.42 Å². The maximum absolute atomic E-state index is 13.2. The predicted molar refractivity (Wildman–Crippen MR) is 75.4 cm³/mol. The van der Waals surface area contributed by atoms with Crippen LogP contribution in [0, 0.1) is 5.92 Å². The minimum absolute atomic E-state index is 0.361. The third kappa shape index (κ3) is 3.53. The molecule has 0 bridgehead atoms. The Hall–Kier alpha value is -1.51. The molecule has 3 heteroatoms. The second-order valence-corrected chi connectivity index (χ2v) is 5.39. The number of halogens is 3. The summed E-state index contributed by atoms with van der Waals surface area (Å²) in [5.74, 6) is -1.43. The molecule has 1 aromatic carbocycles. The maximum Gasteiger partial charge on any atom is 0.301 e. The molecule has 1 aliphatic carbocycles. The Morgan fingerprint density at radius 2 is 1.65 bits per heavy atom. The van der Waals surface area contributed by atoms with E-state index < -0.39 is 17.8 Å². The minimum atomic E-state index is -2.15. The molecule has 1 aliphatic rings. The van der Waals surface area contributed by atoms with Crippen LogP contribution in [0.5, 0.6) is 0 Å². The number of benzene rings is 1. The van der Waals surface area contributed by atoms with Gasteiger partial charge in [0.2, 0.25) is 0 Å². The molecule has 1 fully saturated rings. The molecule has 0 aromatic heterocycles. The normalized spacial score (nSPS) is 22.4. The quantitative estimate of drug-likeness (QED) is 0.614. The molecular formula is C17H19F3. The molecule has 0 amide bonds. The van der Waals surface area contributed by atoms with Gasteiger partial charge in [0.15, 0.2) is 5.83 Å². The van der Waals surface area contributed by atoms with Gasteiger partial charge in [-0.25, -0.2) is 4.39 Å². The molecule has 0 aliphatic heterocycles. The summed E-state index contributed by atoms with van der Waals surface area (Å²) in [6.07, 6.45) is 3.10. The molecule has 20 heavy (non-hydrogen) atoms. The fourth-order valence-electron chi connectivity index (χ4n) is 2.93. The van der Waals surface area contributed by atoms with E-state index in [4.69, 9.17) is 0 Å². The van der Waals surface area contributed by atoms with Crippen LogP contribution in [0.1, 0.15) is 42.7 Å². The van der Waals surface area contributed by atoms with Gasteiger partial charge in [0.25, 0.3) is 0 Å². The van der Waals surface area contributed by atoms with Gasteiger partial charge < -0.3 is 0 Å². The van der Waals surface area contributed by atoms with Gasteiger partial charge in [-0.1, -0.05) is 30.3 Å². The fourth-order valence-corrected chi connectivity index (χ4v) is 2.93. The molecule has 0 spiro atoms. The zero-order chi connectivity index (χ0) is 14.5. The molecule has 108 valence electrons. The first-order valence-electron chi connectivity index (χ1n) is 7.02. The first-order valence-corrected chi connectivity index (χ1v) is 7.02. The van der Waals surface area contributed by atoms with Crippen molar-refractivity contribution < 1.29 is 13.2 Å². The second kappa shape index (κ2) is 6.78. The third-order valence-corrected chi connectivity index (χ3v) is 4.10. The van der Waals surface area contributed by atoms with Crippen molar-refractivity contribution >= 4 is 0 Å². The van der Waals surface area contributed by atoms with Crippen LogP contribution in [0.4, 0.5) is 13.2 Å². The van der Waals surface area contributed by atoms with Gasteiger partial charge in [0, 0.05) is 5.92 Å². The van der Waals surface area contributed by atoms with E-state index in [9.17, 15) is 13.2 Å². The second-order valence-electron chi connectivity index (χ2n) is 5.39. The van der Waals surface area contributed by atoms with E-state index >= 15 is 0 Å². The molecule has 0 heterocycles. The Morgan fingerprint density at radius 1 is 1.05 bits per heavy atom. The van der Waals surface area contributed by atoms with Crippen LogP contribution in [0.25, 0.3) is 0 Å². The lowest BCUT2D eigenvalue weighted by Crippen LogP contribution is -2.14. The average molecular weight is 280 g/mol. The summed E-state index contributed by atoms with van der Waals surface area (Å²) in [5.41, 5.74) is 2.44. The number of hydrogen-bond donors (Lipinski definition) is 0. The third-order valence-electron chi connectivity index (χ3n) is 4.10.